The van der Waals surface area contributed by atoms with Crippen molar-refractivity contribution in [1.82, 2.24) is 0 Å². The van der Waals surface area contributed by atoms with Gasteiger partial charge < -0.3 is 9.79 Å². The Hall–Kier alpha value is 0.0700. The van der Waals surface area contributed by atoms with Gasteiger partial charge in [-0.2, -0.15) is 0 Å². The first-order chi connectivity index (χ1) is 5.54. The largest absolute Gasteiger partial charge is 0.356 e. The zero-order valence-corrected chi connectivity index (χ0v) is 8.52. The second-order valence-corrected chi connectivity index (χ2v) is 4.94. The number of benzene rings is 1. The van der Waals surface area contributed by atoms with Crippen LogP contribution in [-0.4, -0.2) is 9.79 Å². The molecule has 12 heavy (non-hydrogen) atoms. The Kier molecular flexibility index (Phi) is 3.26. The van der Waals surface area contributed by atoms with E-state index in [0.29, 0.717) is 0 Å². The molecule has 1 rings (SSSR count). The zero-order valence-electron chi connectivity index (χ0n) is 5.91. The quantitative estimate of drug-likeness (QED) is 0.402. The van der Waals surface area contributed by atoms with Crippen molar-refractivity contribution in [3.8, 4) is 0 Å². The van der Waals surface area contributed by atoms with E-state index in [4.69, 9.17) is 9.79 Å². The average Bonchev–Trinajstić information content (AvgIpc) is 2.03. The minimum Gasteiger partial charge on any atom is -0.321 e. The van der Waals surface area contributed by atoms with Crippen LogP contribution in [0.2, 0.25) is 0 Å². The zero-order chi connectivity index (χ0) is 9.19. The first-order valence-electron chi connectivity index (χ1n) is 3.01. The Bertz CT molecular complexity index is 305. The maximum absolute atomic E-state index is 10.7. The van der Waals surface area contributed by atoms with Crippen LogP contribution in [0, 0.1) is 0 Å². The predicted molar refractivity (Wildman–Crippen MR) is 53.0 cm³/mol. The third-order valence-electron chi connectivity index (χ3n) is 1.28. The van der Waals surface area contributed by atoms with Crippen LogP contribution in [0.15, 0.2) is 29.2 Å². The van der Waals surface area contributed by atoms with Gasteiger partial charge in [0, 0.05) is 4.90 Å². The molecule has 3 nitrogen and oxygen atoms in total. The molecule has 0 saturated heterocycles. The average molecular weight is 222 g/mol. The molecule has 0 aliphatic rings. The molecular weight excluding hydrogens is 215 g/mol. The summed E-state index contributed by atoms with van der Waals surface area (Å²) in [4.78, 5) is 18.3. The molecule has 2 N–H and O–H groups in total. The van der Waals surface area contributed by atoms with E-state index in [1.54, 1.807) is 12.1 Å². The summed E-state index contributed by atoms with van der Waals surface area (Å²) >= 11 is 3.94. The van der Waals surface area contributed by atoms with E-state index in [1.165, 1.54) is 22.9 Å². The summed E-state index contributed by atoms with van der Waals surface area (Å²) in [5.41, 5.74) is 0. The summed E-state index contributed by atoms with van der Waals surface area (Å²) in [6, 6.07) is 6.04. The minimum absolute atomic E-state index is 0.0358. The van der Waals surface area contributed by atoms with Crippen molar-refractivity contribution in [2.75, 3.05) is 0 Å². The molecule has 0 radical (unpaired) electrons. The second-order valence-electron chi connectivity index (χ2n) is 2.13. The lowest BCUT2D eigenvalue weighted by Gasteiger charge is -2.03. The van der Waals surface area contributed by atoms with Crippen molar-refractivity contribution in [2.45, 2.75) is 4.90 Å². The highest BCUT2D eigenvalue weighted by atomic mass is 33.1. The maximum atomic E-state index is 10.7. The lowest BCUT2D eigenvalue weighted by molar-refractivity contribution is 0.387. The van der Waals surface area contributed by atoms with Gasteiger partial charge >= 0.3 is 7.60 Å². The van der Waals surface area contributed by atoms with Crippen LogP contribution in [0.1, 0.15) is 0 Å². The van der Waals surface area contributed by atoms with Gasteiger partial charge in [0.1, 0.15) is 0 Å². The van der Waals surface area contributed by atoms with Crippen LogP contribution in [0.4, 0.5) is 0 Å². The molecule has 6 heteroatoms. The topological polar surface area (TPSA) is 57.5 Å². The van der Waals surface area contributed by atoms with E-state index < -0.39 is 7.60 Å². The molecule has 0 bridgehead atoms. The fourth-order valence-corrected chi connectivity index (χ4v) is 1.86. The smallest absolute Gasteiger partial charge is 0.321 e. The minimum atomic E-state index is -4.08. The van der Waals surface area contributed by atoms with Crippen LogP contribution in [0.3, 0.4) is 0 Å². The van der Waals surface area contributed by atoms with Crippen LogP contribution in [-0.2, 0) is 4.57 Å². The second kappa shape index (κ2) is 3.85. The van der Waals surface area contributed by atoms with Crippen molar-refractivity contribution in [3.63, 3.8) is 0 Å². The molecule has 0 aliphatic heterocycles. The Morgan fingerprint density at radius 1 is 1.25 bits per heavy atom. The van der Waals surface area contributed by atoms with Gasteiger partial charge in [0.05, 0.1) is 5.30 Å². The molecule has 0 fully saturated rings. The highest BCUT2D eigenvalue weighted by Gasteiger charge is 2.15. The van der Waals surface area contributed by atoms with Crippen LogP contribution < -0.4 is 5.30 Å². The molecule has 66 valence electrons. The lowest BCUT2D eigenvalue weighted by atomic mass is 10.4. The molecule has 0 atom stereocenters. The van der Waals surface area contributed by atoms with Crippen molar-refractivity contribution >= 4 is 35.4 Å². The molecule has 0 unspecified atom stereocenters. The lowest BCUT2D eigenvalue weighted by Crippen LogP contribution is -2.01. The molecule has 0 spiro atoms. The first-order valence-corrected chi connectivity index (χ1v) is 6.50. The van der Waals surface area contributed by atoms with E-state index in [1.807, 2.05) is 0 Å². The number of hydrogen-bond acceptors (Lipinski definition) is 3. The normalized spacial score (nSPS) is 11.6. The van der Waals surface area contributed by atoms with Gasteiger partial charge in [0.2, 0.25) is 0 Å². The fourth-order valence-electron chi connectivity index (χ4n) is 0.701. The van der Waals surface area contributed by atoms with E-state index in [2.05, 4.69) is 11.7 Å². The monoisotopic (exact) mass is 222 g/mol. The van der Waals surface area contributed by atoms with Crippen molar-refractivity contribution in [3.05, 3.63) is 24.3 Å². The Morgan fingerprint density at radius 2 is 1.75 bits per heavy atom. The van der Waals surface area contributed by atoms with Crippen LogP contribution in [0.5, 0.6) is 0 Å². The summed E-state index contributed by atoms with van der Waals surface area (Å²) < 4.78 is 10.7. The number of thiol groups is 1. The summed E-state index contributed by atoms with van der Waals surface area (Å²) in [7, 11) is -2.85. The van der Waals surface area contributed by atoms with Gasteiger partial charge in [-0.1, -0.05) is 10.8 Å². The number of hydrogen-bond donors (Lipinski definition) is 3. The van der Waals surface area contributed by atoms with Gasteiger partial charge in [-0.15, -0.1) is 11.7 Å². The number of rotatable bonds is 2. The van der Waals surface area contributed by atoms with E-state index in [9.17, 15) is 4.57 Å². The Balaban J connectivity index is 3.01. The molecule has 0 saturated carbocycles. The summed E-state index contributed by atoms with van der Waals surface area (Å²) in [6.45, 7) is 0. The summed E-state index contributed by atoms with van der Waals surface area (Å²) in [5, 5.41) is 0.0358. The predicted octanol–water partition coefficient (Wildman–Crippen LogP) is 1.43. The Labute approximate surface area is 79.2 Å². The third-order valence-corrected chi connectivity index (χ3v) is 3.36. The fraction of sp³-hybridized carbons (Fsp3) is 0. The highest BCUT2D eigenvalue weighted by molar-refractivity contribution is 8.68. The van der Waals surface area contributed by atoms with Crippen molar-refractivity contribution < 1.29 is 14.4 Å². The van der Waals surface area contributed by atoms with Crippen molar-refractivity contribution in [1.29, 1.82) is 0 Å². The summed E-state index contributed by atoms with van der Waals surface area (Å²) in [6.07, 6.45) is 0. The third kappa shape index (κ3) is 2.54. The van der Waals surface area contributed by atoms with E-state index >= 15 is 0 Å². The highest BCUT2D eigenvalue weighted by Crippen LogP contribution is 2.33. The van der Waals surface area contributed by atoms with Crippen LogP contribution >= 0.6 is 30.1 Å². The van der Waals surface area contributed by atoms with E-state index in [-0.39, 0.29) is 5.30 Å². The Morgan fingerprint density at radius 3 is 2.08 bits per heavy atom. The van der Waals surface area contributed by atoms with Gasteiger partial charge in [-0.05, 0) is 24.3 Å². The SMILES string of the molecule is O=P(O)(O)c1ccc(SS)cc1. The molecule has 0 aliphatic carbocycles. The van der Waals surface area contributed by atoms with Gasteiger partial charge in [-0.3, -0.25) is 4.57 Å². The van der Waals surface area contributed by atoms with Gasteiger partial charge in [-0.25, -0.2) is 0 Å². The van der Waals surface area contributed by atoms with Gasteiger partial charge in [0.15, 0.2) is 0 Å². The maximum Gasteiger partial charge on any atom is 0.356 e. The van der Waals surface area contributed by atoms with Crippen molar-refractivity contribution in [2.24, 2.45) is 0 Å². The van der Waals surface area contributed by atoms with Crippen LogP contribution in [0.25, 0.3) is 0 Å². The molecule has 0 amide bonds. The van der Waals surface area contributed by atoms with Gasteiger partial charge in [0.25, 0.3) is 0 Å². The molecular formula is C6H7O3PS2. The first kappa shape index (κ1) is 10.2. The molecule has 1 aromatic rings. The molecule has 0 heterocycles. The van der Waals surface area contributed by atoms with E-state index in [0.717, 1.165) is 4.90 Å². The standard InChI is InChI=1S/C6H7O3PS2/c7-10(8,9)5-1-3-6(12-11)4-2-5/h1-4,11H,(H2,7,8,9). The molecule has 1 aromatic carbocycles. The molecule has 0 aromatic heterocycles. The summed E-state index contributed by atoms with van der Waals surface area (Å²) in [5.74, 6) is 0.